The predicted octanol–water partition coefficient (Wildman–Crippen LogP) is 3.14. The Hall–Kier alpha value is -0.410. The van der Waals surface area contributed by atoms with Crippen molar-refractivity contribution >= 4 is 29.3 Å². The summed E-state index contributed by atoms with van der Waals surface area (Å²) in [5.74, 6) is 0. The summed E-state index contributed by atoms with van der Waals surface area (Å²) in [6.07, 6.45) is 0. The summed E-state index contributed by atoms with van der Waals surface area (Å²) in [5, 5.41) is 0. The van der Waals surface area contributed by atoms with E-state index in [0.29, 0.717) is 0 Å². The molecule has 3 heteroatoms. The van der Waals surface area contributed by atoms with Crippen LogP contribution < -0.4 is 0 Å². The smallest absolute Gasteiger partial charge is 0.0732 e. The molecule has 11 heavy (non-hydrogen) atoms. The zero-order chi connectivity index (χ0) is 7.68. The van der Waals surface area contributed by atoms with Gasteiger partial charge in [-0.15, -0.1) is 0 Å². The van der Waals surface area contributed by atoms with Crippen molar-refractivity contribution in [3.8, 4) is 0 Å². The second-order valence-corrected chi connectivity index (χ2v) is 4.09. The van der Waals surface area contributed by atoms with Gasteiger partial charge in [0.05, 0.1) is 5.55 Å². The standard InChI is InChI=1S/C8H7NS2/c1-6-2-3-7-8(4-6)11-9-5-10-7/h2-5H,1H3. The molecule has 0 N–H and O–H groups in total. The highest BCUT2D eigenvalue weighted by Gasteiger charge is 2.05. The van der Waals surface area contributed by atoms with E-state index in [0.717, 1.165) is 0 Å². The topological polar surface area (TPSA) is 12.4 Å². The molecule has 0 unspecified atom stereocenters. The number of thioether (sulfide) groups is 1. The predicted molar refractivity (Wildman–Crippen MR) is 51.4 cm³/mol. The van der Waals surface area contributed by atoms with E-state index >= 15 is 0 Å². The number of aryl methyl sites for hydroxylation is 1. The third-order valence-corrected chi connectivity index (χ3v) is 3.30. The summed E-state index contributed by atoms with van der Waals surface area (Å²) in [4.78, 5) is 2.59. The van der Waals surface area contributed by atoms with Gasteiger partial charge in [0.25, 0.3) is 0 Å². The SMILES string of the molecule is Cc1ccc2c(c1)SN=CS2. The molecule has 0 aromatic heterocycles. The van der Waals surface area contributed by atoms with Crippen LogP contribution in [0.4, 0.5) is 0 Å². The van der Waals surface area contributed by atoms with Gasteiger partial charge in [-0.05, 0) is 24.6 Å². The fourth-order valence-electron chi connectivity index (χ4n) is 0.941. The van der Waals surface area contributed by atoms with Gasteiger partial charge in [-0.2, -0.15) is 0 Å². The van der Waals surface area contributed by atoms with E-state index < -0.39 is 0 Å². The van der Waals surface area contributed by atoms with Gasteiger partial charge >= 0.3 is 0 Å². The van der Waals surface area contributed by atoms with Crippen LogP contribution in [0.2, 0.25) is 0 Å². The van der Waals surface area contributed by atoms with Crippen LogP contribution in [0.5, 0.6) is 0 Å². The number of rotatable bonds is 0. The maximum atomic E-state index is 4.11. The Morgan fingerprint density at radius 1 is 1.27 bits per heavy atom. The molecule has 0 amide bonds. The summed E-state index contributed by atoms with van der Waals surface area (Å²) >= 11 is 3.24. The first kappa shape index (κ1) is 7.25. The lowest BCUT2D eigenvalue weighted by atomic mass is 10.2. The fourth-order valence-corrected chi connectivity index (χ4v) is 2.49. The van der Waals surface area contributed by atoms with E-state index in [1.54, 1.807) is 23.7 Å². The summed E-state index contributed by atoms with van der Waals surface area (Å²) in [6, 6.07) is 6.45. The van der Waals surface area contributed by atoms with E-state index in [-0.39, 0.29) is 0 Å². The lowest BCUT2D eigenvalue weighted by Crippen LogP contribution is -1.83. The molecule has 56 valence electrons. The van der Waals surface area contributed by atoms with Crippen LogP contribution in [0.25, 0.3) is 0 Å². The number of benzene rings is 1. The van der Waals surface area contributed by atoms with Gasteiger partial charge in [0.15, 0.2) is 0 Å². The summed E-state index contributed by atoms with van der Waals surface area (Å²) in [5.41, 5.74) is 3.18. The number of hydrogen-bond donors (Lipinski definition) is 0. The number of fused-ring (bicyclic) bond motifs is 1. The molecule has 0 spiro atoms. The minimum Gasteiger partial charge on any atom is -0.212 e. The van der Waals surface area contributed by atoms with Crippen molar-refractivity contribution in [1.82, 2.24) is 0 Å². The molecule has 0 bridgehead atoms. The largest absolute Gasteiger partial charge is 0.212 e. The van der Waals surface area contributed by atoms with E-state index in [9.17, 15) is 0 Å². The third-order valence-electron chi connectivity index (χ3n) is 1.47. The Morgan fingerprint density at radius 3 is 3.09 bits per heavy atom. The van der Waals surface area contributed by atoms with Gasteiger partial charge in [0.2, 0.25) is 0 Å². The van der Waals surface area contributed by atoms with Crippen LogP contribution in [0, 0.1) is 6.92 Å². The molecule has 0 saturated carbocycles. The molecule has 1 aromatic carbocycles. The normalized spacial score (nSPS) is 14.6. The van der Waals surface area contributed by atoms with Crippen molar-refractivity contribution in [3.63, 3.8) is 0 Å². The maximum absolute atomic E-state index is 4.11. The average Bonchev–Trinajstić information content (AvgIpc) is 2.04. The van der Waals surface area contributed by atoms with Crippen molar-refractivity contribution in [2.75, 3.05) is 0 Å². The van der Waals surface area contributed by atoms with Crippen molar-refractivity contribution in [2.45, 2.75) is 16.7 Å². The molecule has 1 aliphatic heterocycles. The maximum Gasteiger partial charge on any atom is 0.0732 e. The highest BCUT2D eigenvalue weighted by Crippen LogP contribution is 2.35. The van der Waals surface area contributed by atoms with Crippen LogP contribution in [-0.2, 0) is 0 Å². The highest BCUT2D eigenvalue weighted by atomic mass is 32.2. The zero-order valence-electron chi connectivity index (χ0n) is 6.07. The highest BCUT2D eigenvalue weighted by molar-refractivity contribution is 8.14. The minimum atomic E-state index is 1.28. The summed E-state index contributed by atoms with van der Waals surface area (Å²) in [7, 11) is 0. The van der Waals surface area contributed by atoms with Crippen molar-refractivity contribution < 1.29 is 0 Å². The van der Waals surface area contributed by atoms with Crippen LogP contribution in [0.1, 0.15) is 5.56 Å². The zero-order valence-corrected chi connectivity index (χ0v) is 7.71. The Kier molecular flexibility index (Phi) is 1.92. The van der Waals surface area contributed by atoms with Crippen molar-refractivity contribution in [2.24, 2.45) is 4.40 Å². The Morgan fingerprint density at radius 2 is 2.18 bits per heavy atom. The molecule has 0 radical (unpaired) electrons. The van der Waals surface area contributed by atoms with E-state index in [1.807, 2.05) is 5.55 Å². The van der Waals surface area contributed by atoms with Gasteiger partial charge in [-0.3, -0.25) is 0 Å². The number of nitrogens with zero attached hydrogens (tertiary/aromatic N) is 1. The first-order chi connectivity index (χ1) is 5.36. The average molecular weight is 181 g/mol. The van der Waals surface area contributed by atoms with Gasteiger partial charge in [-0.25, -0.2) is 4.40 Å². The monoisotopic (exact) mass is 181 g/mol. The lowest BCUT2D eigenvalue weighted by molar-refractivity contribution is 1.21. The lowest BCUT2D eigenvalue weighted by Gasteiger charge is -2.07. The van der Waals surface area contributed by atoms with Crippen LogP contribution in [0.3, 0.4) is 0 Å². The number of hydrogen-bond acceptors (Lipinski definition) is 3. The molecular formula is C8H7NS2. The van der Waals surface area contributed by atoms with Crippen LogP contribution >= 0.6 is 23.7 Å². The Bertz CT molecular complexity index is 307. The molecular weight excluding hydrogens is 174 g/mol. The molecule has 0 aliphatic carbocycles. The molecule has 0 saturated heterocycles. The third kappa shape index (κ3) is 1.44. The van der Waals surface area contributed by atoms with Gasteiger partial charge < -0.3 is 0 Å². The first-order valence-corrected chi connectivity index (χ1v) is 4.98. The summed E-state index contributed by atoms with van der Waals surface area (Å²) in [6.45, 7) is 2.10. The van der Waals surface area contributed by atoms with Crippen LogP contribution in [0.15, 0.2) is 32.4 Å². The molecule has 1 aromatic rings. The Labute approximate surface area is 74.4 Å². The minimum absolute atomic E-state index is 1.28. The molecule has 0 fully saturated rings. The van der Waals surface area contributed by atoms with E-state index in [2.05, 4.69) is 29.5 Å². The Balaban J connectivity index is 2.48. The van der Waals surface area contributed by atoms with Gasteiger partial charge in [0.1, 0.15) is 0 Å². The van der Waals surface area contributed by atoms with Gasteiger partial charge in [0, 0.05) is 21.7 Å². The second-order valence-electron chi connectivity index (χ2n) is 2.37. The first-order valence-electron chi connectivity index (χ1n) is 3.32. The van der Waals surface area contributed by atoms with Crippen LogP contribution in [-0.4, -0.2) is 5.55 Å². The molecule has 0 atom stereocenters. The van der Waals surface area contributed by atoms with Gasteiger partial charge in [-0.1, -0.05) is 17.8 Å². The van der Waals surface area contributed by atoms with E-state index in [1.165, 1.54) is 15.4 Å². The summed E-state index contributed by atoms with van der Waals surface area (Å²) < 4.78 is 4.11. The molecule has 1 aliphatic rings. The molecule has 1 nitrogen and oxygen atoms in total. The van der Waals surface area contributed by atoms with E-state index in [4.69, 9.17) is 0 Å². The quantitative estimate of drug-likeness (QED) is 0.570. The molecule has 1 heterocycles. The van der Waals surface area contributed by atoms with Crippen molar-refractivity contribution in [3.05, 3.63) is 23.8 Å². The van der Waals surface area contributed by atoms with Crippen molar-refractivity contribution in [1.29, 1.82) is 0 Å². The fraction of sp³-hybridized carbons (Fsp3) is 0.125. The molecule has 2 rings (SSSR count). The second kappa shape index (κ2) is 2.91.